The summed E-state index contributed by atoms with van der Waals surface area (Å²) < 4.78 is 37.1. The first-order chi connectivity index (χ1) is 18.5. The van der Waals surface area contributed by atoms with Crippen molar-refractivity contribution in [2.75, 3.05) is 24.5 Å². The van der Waals surface area contributed by atoms with E-state index < -0.39 is 29.5 Å². The van der Waals surface area contributed by atoms with Gasteiger partial charge in [0.05, 0.1) is 11.6 Å². The van der Waals surface area contributed by atoms with E-state index >= 15 is 0 Å². The molecule has 0 spiro atoms. The van der Waals surface area contributed by atoms with Crippen LogP contribution in [0.4, 0.5) is 18.3 Å². The number of piperidine rings is 1. The van der Waals surface area contributed by atoms with Crippen molar-refractivity contribution in [1.82, 2.24) is 10.3 Å². The molecule has 40 heavy (non-hydrogen) atoms. The number of halogens is 3. The number of hydrogen-bond acceptors (Lipinski definition) is 9. The van der Waals surface area contributed by atoms with Crippen molar-refractivity contribution in [3.63, 3.8) is 0 Å². The predicted molar refractivity (Wildman–Crippen MR) is 138 cm³/mol. The van der Waals surface area contributed by atoms with Crippen LogP contribution in [0, 0.1) is 16.7 Å². The number of nitrogens with zero attached hydrogens (tertiary/aromatic N) is 2. The van der Waals surface area contributed by atoms with Gasteiger partial charge in [-0.05, 0) is 51.0 Å². The summed E-state index contributed by atoms with van der Waals surface area (Å²) in [7, 11) is 0. The first kappa shape index (κ1) is 32.0. The van der Waals surface area contributed by atoms with E-state index in [9.17, 15) is 32.7 Å². The molecule has 1 aromatic carbocycles. The number of carbonyl (C=O) groups is 4. The maximum atomic E-state index is 12.4. The maximum absolute atomic E-state index is 12.4. The first-order valence-electron chi connectivity index (χ1n) is 11.7. The number of aromatic nitrogens is 1. The monoisotopic (exact) mass is 587 g/mol. The Morgan fingerprint density at radius 2 is 1.68 bits per heavy atom. The van der Waals surface area contributed by atoms with Crippen LogP contribution in [0.1, 0.15) is 41.9 Å². The van der Waals surface area contributed by atoms with Crippen LogP contribution in [-0.2, 0) is 14.4 Å². The lowest BCUT2D eigenvalue weighted by Crippen LogP contribution is -2.44. The Morgan fingerprint density at radius 3 is 2.15 bits per heavy atom. The minimum atomic E-state index is -5.08. The lowest BCUT2D eigenvalue weighted by Gasteiger charge is -2.31. The molecule has 0 aliphatic carbocycles. The molecule has 1 saturated heterocycles. The van der Waals surface area contributed by atoms with Gasteiger partial charge in [-0.1, -0.05) is 11.3 Å². The first-order valence-corrected chi connectivity index (χ1v) is 12.5. The molecule has 0 atom stereocenters. The van der Waals surface area contributed by atoms with Crippen LogP contribution in [0.2, 0.25) is 0 Å². The van der Waals surface area contributed by atoms with E-state index in [1.54, 1.807) is 38.1 Å². The maximum Gasteiger partial charge on any atom is 0.490 e. The highest BCUT2D eigenvalue weighted by Gasteiger charge is 2.38. The average Bonchev–Trinajstić information content (AvgIpc) is 3.38. The van der Waals surface area contributed by atoms with Gasteiger partial charge in [0.15, 0.2) is 5.13 Å². The Morgan fingerprint density at radius 1 is 1.12 bits per heavy atom. The number of nitrogen functional groups attached to an aromatic ring is 1. The van der Waals surface area contributed by atoms with Crippen LogP contribution in [0.3, 0.4) is 0 Å². The lowest BCUT2D eigenvalue weighted by molar-refractivity contribution is -0.192. The number of benzene rings is 1. The average molecular weight is 588 g/mol. The number of thiazole rings is 1. The summed E-state index contributed by atoms with van der Waals surface area (Å²) >= 11 is 1.22. The molecule has 12 nitrogen and oxygen atoms in total. The minimum absolute atomic E-state index is 0.0645. The zero-order valence-corrected chi connectivity index (χ0v) is 22.3. The van der Waals surface area contributed by atoms with Crippen molar-refractivity contribution in [3.05, 3.63) is 40.9 Å². The minimum Gasteiger partial charge on any atom is -0.481 e. The topological polar surface area (TPSA) is 196 Å². The molecule has 1 amide bonds. The largest absolute Gasteiger partial charge is 0.490 e. The van der Waals surface area contributed by atoms with Crippen LogP contribution in [0.25, 0.3) is 0 Å². The molecular weight excluding hydrogens is 559 g/mol. The highest BCUT2D eigenvalue weighted by atomic mass is 32.1. The molecule has 2 aromatic rings. The summed E-state index contributed by atoms with van der Waals surface area (Å²) in [5.41, 5.74) is 4.94. The summed E-state index contributed by atoms with van der Waals surface area (Å²) in [6.45, 7) is 4.44. The molecule has 0 saturated carbocycles. The molecule has 1 aliphatic heterocycles. The molecule has 218 valence electrons. The summed E-state index contributed by atoms with van der Waals surface area (Å²) in [6, 6.07) is 6.35. The Balaban J connectivity index is 0.000000708. The number of rotatable bonds is 8. The zero-order valence-electron chi connectivity index (χ0n) is 21.4. The van der Waals surface area contributed by atoms with Gasteiger partial charge in [-0.3, -0.25) is 15.0 Å². The van der Waals surface area contributed by atoms with Crippen molar-refractivity contribution in [1.29, 1.82) is 5.41 Å². The van der Waals surface area contributed by atoms with Gasteiger partial charge in [-0.15, -0.1) is 0 Å². The number of carboxylic acid groups (broad SMARTS) is 2. The Labute approximate surface area is 230 Å². The van der Waals surface area contributed by atoms with Gasteiger partial charge in [0.25, 0.3) is 0 Å². The number of aliphatic carboxylic acids is 2. The van der Waals surface area contributed by atoms with Gasteiger partial charge in [-0.2, -0.15) is 13.2 Å². The molecule has 16 heteroatoms. The number of anilines is 1. The third-order valence-electron chi connectivity index (χ3n) is 5.73. The molecule has 1 aliphatic rings. The number of amides is 1. The molecule has 3 rings (SSSR count). The number of nitrogens with one attached hydrogen (secondary N) is 2. The summed E-state index contributed by atoms with van der Waals surface area (Å²) in [5, 5.41) is 27.1. The molecule has 0 bridgehead atoms. The van der Waals surface area contributed by atoms with Crippen LogP contribution in [-0.4, -0.2) is 70.7 Å². The highest BCUT2D eigenvalue weighted by Crippen LogP contribution is 2.28. The van der Waals surface area contributed by atoms with Crippen molar-refractivity contribution in [3.8, 4) is 5.75 Å². The van der Waals surface area contributed by atoms with E-state index in [0.717, 1.165) is 0 Å². The van der Waals surface area contributed by atoms with Gasteiger partial charge >= 0.3 is 24.1 Å². The fourth-order valence-electron chi connectivity index (χ4n) is 3.23. The predicted octanol–water partition coefficient (Wildman–Crippen LogP) is 2.72. The van der Waals surface area contributed by atoms with E-state index in [4.69, 9.17) is 25.8 Å². The second-order valence-electron chi connectivity index (χ2n) is 9.31. The van der Waals surface area contributed by atoms with Crippen LogP contribution in [0.5, 0.6) is 5.75 Å². The van der Waals surface area contributed by atoms with Crippen molar-refractivity contribution in [2.45, 2.75) is 32.9 Å². The third-order valence-corrected chi connectivity index (χ3v) is 6.77. The van der Waals surface area contributed by atoms with Gasteiger partial charge in [-0.25, -0.2) is 14.6 Å². The van der Waals surface area contributed by atoms with E-state index in [2.05, 4.69) is 10.3 Å². The molecule has 0 radical (unpaired) electrons. The Bertz CT molecular complexity index is 1240. The number of hydrogen-bond donors (Lipinski definition) is 5. The lowest BCUT2D eigenvalue weighted by atomic mass is 9.92. The van der Waals surface area contributed by atoms with Crippen molar-refractivity contribution < 1.29 is 47.3 Å². The fourth-order valence-corrected chi connectivity index (χ4v) is 4.07. The summed E-state index contributed by atoms with van der Waals surface area (Å²) in [5.74, 6) is -4.28. The standard InChI is InChI=1S/C22H27N5O5S.C2HF3O2/c1-22(2,20(30)31)12-26-18(28)14-7-9-27(10-8-14)21-25-11-16(33-21)19(29)32-15-5-3-13(4-6-15)17(23)24;3-2(4,5)1(6)7/h3-6,11,14H,7-10,12H2,1-2H3,(H3,23,24)(H,26,28)(H,30,31);(H,6,7). The third kappa shape index (κ3) is 9.21. The number of carboxylic acids is 2. The number of carbonyl (C=O) groups excluding carboxylic acids is 2. The normalized spacial score (nSPS) is 14.0. The van der Waals surface area contributed by atoms with Gasteiger partial charge in [0.2, 0.25) is 5.91 Å². The number of ether oxygens (including phenoxy) is 1. The molecule has 2 heterocycles. The number of nitrogens with two attached hydrogens (primary N) is 1. The fraction of sp³-hybridized carbons (Fsp3) is 0.417. The second kappa shape index (κ2) is 13.2. The Hall–Kier alpha value is -4.21. The zero-order chi connectivity index (χ0) is 30.3. The van der Waals surface area contributed by atoms with Gasteiger partial charge in [0.1, 0.15) is 16.5 Å². The molecule has 1 fully saturated rings. The summed E-state index contributed by atoms with van der Waals surface area (Å²) in [4.78, 5) is 51.7. The summed E-state index contributed by atoms with van der Waals surface area (Å²) in [6.07, 6.45) is -2.39. The van der Waals surface area contributed by atoms with E-state index in [0.29, 0.717) is 47.3 Å². The van der Waals surface area contributed by atoms with Crippen molar-refractivity contribution in [2.24, 2.45) is 17.1 Å². The molecular formula is C24H28F3N5O7S. The van der Waals surface area contributed by atoms with Crippen molar-refractivity contribution >= 4 is 46.1 Å². The van der Waals surface area contributed by atoms with E-state index in [1.807, 2.05) is 4.90 Å². The number of alkyl halides is 3. The highest BCUT2D eigenvalue weighted by molar-refractivity contribution is 7.17. The molecule has 1 aromatic heterocycles. The van der Waals surface area contributed by atoms with E-state index in [1.165, 1.54) is 17.5 Å². The number of esters is 1. The quantitative estimate of drug-likeness (QED) is 0.133. The Kier molecular flexibility index (Phi) is 10.6. The van der Waals surface area contributed by atoms with Crippen LogP contribution < -0.4 is 20.7 Å². The second-order valence-corrected chi connectivity index (χ2v) is 10.3. The molecule has 0 unspecified atom stereocenters. The smallest absolute Gasteiger partial charge is 0.481 e. The van der Waals surface area contributed by atoms with E-state index in [-0.39, 0.29) is 24.2 Å². The van der Waals surface area contributed by atoms with Crippen LogP contribution >= 0.6 is 11.3 Å². The van der Waals surface area contributed by atoms with Gasteiger partial charge in [0, 0.05) is 31.1 Å². The molecule has 6 N–H and O–H groups in total. The number of amidine groups is 1. The van der Waals surface area contributed by atoms with Gasteiger partial charge < -0.3 is 30.9 Å². The van der Waals surface area contributed by atoms with Crippen LogP contribution in [0.15, 0.2) is 30.5 Å². The SMILES string of the molecule is CC(C)(CNC(=O)C1CCN(c2ncc(C(=O)Oc3ccc(C(=N)N)cc3)s2)CC1)C(=O)O.O=C(O)C(F)(F)F.